The van der Waals surface area contributed by atoms with Gasteiger partial charge in [0.05, 0.1) is 13.2 Å². The monoisotopic (exact) mass is 334 g/mol. The Morgan fingerprint density at radius 2 is 1.90 bits per heavy atom. The number of hydrogen-bond acceptors (Lipinski definition) is 3. The van der Waals surface area contributed by atoms with Crippen molar-refractivity contribution < 1.29 is 4.74 Å². The fourth-order valence-corrected chi connectivity index (χ4v) is 2.66. The molecule has 20 heavy (non-hydrogen) atoms. The zero-order valence-electron chi connectivity index (χ0n) is 11.7. The quantitative estimate of drug-likeness (QED) is 0.649. The topological polar surface area (TPSA) is 47.3 Å². The van der Waals surface area contributed by atoms with E-state index in [4.69, 9.17) is 10.6 Å². The molecule has 0 amide bonds. The Balaban J connectivity index is 2.25. The van der Waals surface area contributed by atoms with Crippen LogP contribution >= 0.6 is 15.9 Å². The maximum Gasteiger partial charge on any atom is 0.119 e. The molecule has 0 aliphatic carbocycles. The third-order valence-corrected chi connectivity index (χ3v) is 4.06. The Morgan fingerprint density at radius 1 is 1.20 bits per heavy atom. The van der Waals surface area contributed by atoms with Crippen LogP contribution in [-0.2, 0) is 6.42 Å². The number of nitrogens with two attached hydrogens (primary N) is 1. The van der Waals surface area contributed by atoms with E-state index >= 15 is 0 Å². The molecule has 0 saturated heterocycles. The smallest absolute Gasteiger partial charge is 0.119 e. The van der Waals surface area contributed by atoms with Crippen molar-refractivity contribution in [3.05, 3.63) is 63.6 Å². The van der Waals surface area contributed by atoms with E-state index < -0.39 is 0 Å². The number of benzene rings is 2. The molecule has 2 rings (SSSR count). The van der Waals surface area contributed by atoms with E-state index in [0.29, 0.717) is 0 Å². The summed E-state index contributed by atoms with van der Waals surface area (Å²) in [6, 6.07) is 14.4. The van der Waals surface area contributed by atoms with Crippen LogP contribution in [0.2, 0.25) is 0 Å². The zero-order valence-corrected chi connectivity index (χ0v) is 13.3. The van der Waals surface area contributed by atoms with Gasteiger partial charge in [-0.2, -0.15) is 0 Å². The van der Waals surface area contributed by atoms with Gasteiger partial charge in [-0.25, -0.2) is 0 Å². The van der Waals surface area contributed by atoms with E-state index in [2.05, 4.69) is 52.5 Å². The Kier molecular flexibility index (Phi) is 5.17. The Morgan fingerprint density at radius 3 is 2.50 bits per heavy atom. The second kappa shape index (κ2) is 6.88. The number of halogens is 1. The molecule has 3 N–H and O–H groups in total. The molecule has 106 valence electrons. The first-order chi connectivity index (χ1) is 9.63. The van der Waals surface area contributed by atoms with Crippen molar-refractivity contribution in [2.75, 3.05) is 7.11 Å². The fourth-order valence-electron chi connectivity index (χ4n) is 2.13. The number of aryl methyl sites for hydroxylation is 1. The Labute approximate surface area is 128 Å². The van der Waals surface area contributed by atoms with Crippen molar-refractivity contribution in [2.45, 2.75) is 19.4 Å². The third-order valence-electron chi connectivity index (χ3n) is 3.34. The van der Waals surface area contributed by atoms with Gasteiger partial charge in [0.25, 0.3) is 0 Å². The average Bonchev–Trinajstić information content (AvgIpc) is 2.47. The molecular weight excluding hydrogens is 316 g/mol. The first kappa shape index (κ1) is 15.0. The lowest BCUT2D eigenvalue weighted by molar-refractivity contribution is 0.412. The van der Waals surface area contributed by atoms with Crippen LogP contribution in [0.1, 0.15) is 22.7 Å². The lowest BCUT2D eigenvalue weighted by atomic mass is 9.98. The highest BCUT2D eigenvalue weighted by Gasteiger charge is 2.14. The highest BCUT2D eigenvalue weighted by Crippen LogP contribution is 2.29. The standard InChI is InChI=1S/C16H19BrN2O/c1-11-3-5-12(6-4-11)9-16(19-18)14-10-13(20-2)7-8-15(14)17/h3-8,10,16,19H,9,18H2,1-2H3. The van der Waals surface area contributed by atoms with E-state index in [0.717, 1.165) is 22.2 Å². The molecule has 0 aromatic heterocycles. The van der Waals surface area contributed by atoms with Crippen molar-refractivity contribution in [3.8, 4) is 5.75 Å². The summed E-state index contributed by atoms with van der Waals surface area (Å²) < 4.78 is 6.30. The van der Waals surface area contributed by atoms with Crippen molar-refractivity contribution >= 4 is 15.9 Å². The molecule has 0 aliphatic heterocycles. The summed E-state index contributed by atoms with van der Waals surface area (Å²) in [4.78, 5) is 0. The van der Waals surface area contributed by atoms with Gasteiger partial charge in [-0.1, -0.05) is 45.8 Å². The largest absolute Gasteiger partial charge is 0.497 e. The van der Waals surface area contributed by atoms with Crippen molar-refractivity contribution in [1.29, 1.82) is 0 Å². The number of methoxy groups -OCH3 is 1. The van der Waals surface area contributed by atoms with Crippen LogP contribution in [0.25, 0.3) is 0 Å². The maximum atomic E-state index is 5.73. The third kappa shape index (κ3) is 3.60. The minimum absolute atomic E-state index is 0.0298. The Hall–Kier alpha value is -1.36. The lowest BCUT2D eigenvalue weighted by Crippen LogP contribution is -2.29. The summed E-state index contributed by atoms with van der Waals surface area (Å²) in [6.07, 6.45) is 0.822. The fraction of sp³-hybridized carbons (Fsp3) is 0.250. The van der Waals surface area contributed by atoms with E-state index in [9.17, 15) is 0 Å². The van der Waals surface area contributed by atoms with Crippen molar-refractivity contribution in [3.63, 3.8) is 0 Å². The summed E-state index contributed by atoms with van der Waals surface area (Å²) in [5.41, 5.74) is 6.48. The molecule has 0 radical (unpaired) electrons. The second-order valence-electron chi connectivity index (χ2n) is 4.80. The molecular formula is C16H19BrN2O. The summed E-state index contributed by atoms with van der Waals surface area (Å²) in [7, 11) is 1.66. The minimum Gasteiger partial charge on any atom is -0.497 e. The molecule has 0 heterocycles. The van der Waals surface area contributed by atoms with E-state index in [-0.39, 0.29) is 6.04 Å². The second-order valence-corrected chi connectivity index (χ2v) is 5.65. The highest BCUT2D eigenvalue weighted by molar-refractivity contribution is 9.10. The van der Waals surface area contributed by atoms with Gasteiger partial charge in [0, 0.05) is 4.47 Å². The van der Waals surface area contributed by atoms with Gasteiger partial charge in [-0.3, -0.25) is 11.3 Å². The van der Waals surface area contributed by atoms with Crippen LogP contribution < -0.4 is 16.0 Å². The summed E-state index contributed by atoms with van der Waals surface area (Å²) >= 11 is 3.57. The molecule has 0 aliphatic rings. The number of nitrogens with one attached hydrogen (secondary N) is 1. The predicted molar refractivity (Wildman–Crippen MR) is 85.6 cm³/mol. The lowest BCUT2D eigenvalue weighted by Gasteiger charge is -2.19. The van der Waals surface area contributed by atoms with Gasteiger partial charge in [0.15, 0.2) is 0 Å². The normalized spacial score (nSPS) is 12.2. The maximum absolute atomic E-state index is 5.73. The summed E-state index contributed by atoms with van der Waals surface area (Å²) in [5, 5.41) is 0. The number of rotatable bonds is 5. The van der Waals surface area contributed by atoms with Gasteiger partial charge < -0.3 is 4.74 Å². The van der Waals surface area contributed by atoms with Crippen LogP contribution in [0.15, 0.2) is 46.9 Å². The highest BCUT2D eigenvalue weighted by atomic mass is 79.9. The van der Waals surface area contributed by atoms with Gasteiger partial charge >= 0.3 is 0 Å². The summed E-state index contributed by atoms with van der Waals surface area (Å²) in [5.74, 6) is 6.56. The molecule has 2 aromatic rings. The van der Waals surface area contributed by atoms with Crippen LogP contribution in [0.5, 0.6) is 5.75 Å². The van der Waals surface area contributed by atoms with Crippen molar-refractivity contribution in [1.82, 2.24) is 5.43 Å². The Bertz CT molecular complexity index is 569. The number of ether oxygens (including phenoxy) is 1. The molecule has 2 aromatic carbocycles. The van der Waals surface area contributed by atoms with Crippen LogP contribution in [-0.4, -0.2) is 7.11 Å². The number of hydrogen-bond donors (Lipinski definition) is 2. The first-order valence-corrected chi connectivity index (χ1v) is 7.28. The molecule has 0 bridgehead atoms. The first-order valence-electron chi connectivity index (χ1n) is 6.49. The van der Waals surface area contributed by atoms with E-state index in [1.807, 2.05) is 18.2 Å². The minimum atomic E-state index is 0.0298. The van der Waals surface area contributed by atoms with Gasteiger partial charge in [0.1, 0.15) is 5.75 Å². The van der Waals surface area contributed by atoms with Crippen LogP contribution in [0, 0.1) is 6.92 Å². The van der Waals surface area contributed by atoms with Crippen molar-refractivity contribution in [2.24, 2.45) is 5.84 Å². The van der Waals surface area contributed by atoms with Crippen LogP contribution in [0.4, 0.5) is 0 Å². The van der Waals surface area contributed by atoms with E-state index in [1.165, 1.54) is 11.1 Å². The average molecular weight is 335 g/mol. The van der Waals surface area contributed by atoms with Crippen LogP contribution in [0.3, 0.4) is 0 Å². The van der Waals surface area contributed by atoms with Gasteiger partial charge in [-0.15, -0.1) is 0 Å². The molecule has 0 fully saturated rings. The van der Waals surface area contributed by atoms with Gasteiger partial charge in [0.2, 0.25) is 0 Å². The molecule has 1 unspecified atom stereocenters. The summed E-state index contributed by atoms with van der Waals surface area (Å²) in [6.45, 7) is 2.08. The number of hydrazine groups is 1. The SMILES string of the molecule is COc1ccc(Br)c(C(Cc2ccc(C)cc2)NN)c1. The molecule has 0 saturated carbocycles. The molecule has 3 nitrogen and oxygen atoms in total. The molecule has 0 spiro atoms. The molecule has 1 atom stereocenters. The van der Waals surface area contributed by atoms with E-state index in [1.54, 1.807) is 7.11 Å². The predicted octanol–water partition coefficient (Wildman–Crippen LogP) is 3.51. The molecule has 4 heteroatoms. The van der Waals surface area contributed by atoms with Gasteiger partial charge in [-0.05, 0) is 42.7 Å². The zero-order chi connectivity index (χ0) is 14.5.